The largest absolute Gasteiger partial charge is 0.394 e. The van der Waals surface area contributed by atoms with Crippen LogP contribution in [0, 0.1) is 0 Å². The lowest BCUT2D eigenvalue weighted by molar-refractivity contribution is -0.110. The van der Waals surface area contributed by atoms with E-state index in [1.165, 1.54) is 12.8 Å². The summed E-state index contributed by atoms with van der Waals surface area (Å²) in [7, 11) is 0. The van der Waals surface area contributed by atoms with Gasteiger partial charge >= 0.3 is 0 Å². The van der Waals surface area contributed by atoms with Gasteiger partial charge in [-0.05, 0) is 12.8 Å². The highest BCUT2D eigenvalue weighted by Gasteiger charge is 2.17. The number of aliphatic hydroxyl groups is 1. The summed E-state index contributed by atoms with van der Waals surface area (Å²) >= 11 is 0. The lowest BCUT2D eigenvalue weighted by Gasteiger charge is -2.15. The van der Waals surface area contributed by atoms with E-state index in [0.717, 1.165) is 19.1 Å². The molecule has 0 aromatic carbocycles. The van der Waals surface area contributed by atoms with Crippen molar-refractivity contribution in [1.29, 1.82) is 0 Å². The van der Waals surface area contributed by atoms with E-state index >= 15 is 0 Å². The van der Waals surface area contributed by atoms with Crippen LogP contribution in [0.4, 0.5) is 0 Å². The molecule has 3 heteroatoms. The quantitative estimate of drug-likeness (QED) is 0.568. The Hall–Kier alpha value is -0.410. The van der Waals surface area contributed by atoms with Crippen molar-refractivity contribution in [2.24, 2.45) is 0 Å². The predicted molar refractivity (Wildman–Crippen MR) is 42.3 cm³/mol. The fourth-order valence-electron chi connectivity index (χ4n) is 1.53. The van der Waals surface area contributed by atoms with Gasteiger partial charge in [0.05, 0.1) is 12.6 Å². The van der Waals surface area contributed by atoms with E-state index < -0.39 is 0 Å². The average molecular weight is 157 g/mol. The van der Waals surface area contributed by atoms with Gasteiger partial charge in [-0.3, -0.25) is 0 Å². The molecule has 2 N–H and O–H groups in total. The van der Waals surface area contributed by atoms with Crippen LogP contribution in [0.1, 0.15) is 25.7 Å². The van der Waals surface area contributed by atoms with Crippen molar-refractivity contribution in [3.63, 3.8) is 0 Å². The zero-order valence-corrected chi connectivity index (χ0v) is 6.62. The predicted octanol–water partition coefficient (Wildman–Crippen LogP) is 0.0784. The molecule has 0 bridgehead atoms. The summed E-state index contributed by atoms with van der Waals surface area (Å²) in [6.45, 7) is -0.0833. The van der Waals surface area contributed by atoms with Gasteiger partial charge in [0, 0.05) is 6.04 Å². The molecule has 1 atom stereocenters. The van der Waals surface area contributed by atoms with E-state index in [4.69, 9.17) is 5.11 Å². The number of hydrogen-bond donors (Lipinski definition) is 2. The minimum Gasteiger partial charge on any atom is -0.394 e. The van der Waals surface area contributed by atoms with Crippen LogP contribution in [0.3, 0.4) is 0 Å². The maximum Gasteiger partial charge on any atom is 0.139 e. The highest BCUT2D eigenvalue weighted by Crippen LogP contribution is 2.17. The van der Waals surface area contributed by atoms with Crippen molar-refractivity contribution in [2.45, 2.75) is 37.8 Å². The van der Waals surface area contributed by atoms with Crippen molar-refractivity contribution in [1.82, 2.24) is 5.32 Å². The second kappa shape index (κ2) is 4.46. The maximum absolute atomic E-state index is 10.3. The fourth-order valence-corrected chi connectivity index (χ4v) is 1.53. The number of nitrogens with one attached hydrogen (secondary N) is 1. The van der Waals surface area contributed by atoms with Gasteiger partial charge in [0.1, 0.15) is 6.29 Å². The molecular weight excluding hydrogens is 142 g/mol. The summed E-state index contributed by atoms with van der Waals surface area (Å²) < 4.78 is 0. The first-order valence-corrected chi connectivity index (χ1v) is 4.19. The molecule has 1 aliphatic carbocycles. The van der Waals surface area contributed by atoms with Gasteiger partial charge in [0.25, 0.3) is 0 Å². The number of rotatable bonds is 4. The van der Waals surface area contributed by atoms with Crippen molar-refractivity contribution in [3.05, 3.63) is 0 Å². The lowest BCUT2D eigenvalue weighted by atomic mass is 10.2. The van der Waals surface area contributed by atoms with Crippen molar-refractivity contribution < 1.29 is 9.90 Å². The zero-order chi connectivity index (χ0) is 8.10. The highest BCUT2D eigenvalue weighted by molar-refractivity contribution is 5.57. The van der Waals surface area contributed by atoms with E-state index in [2.05, 4.69) is 5.32 Å². The average Bonchev–Trinajstić information content (AvgIpc) is 2.52. The molecule has 1 aliphatic rings. The van der Waals surface area contributed by atoms with E-state index in [1.54, 1.807) is 0 Å². The summed E-state index contributed by atoms with van der Waals surface area (Å²) in [5, 5.41) is 11.8. The minimum absolute atomic E-state index is 0.0833. The Balaban J connectivity index is 2.21. The van der Waals surface area contributed by atoms with Gasteiger partial charge in [-0.1, -0.05) is 12.8 Å². The van der Waals surface area contributed by atoms with Crippen LogP contribution in [0.25, 0.3) is 0 Å². The molecule has 0 heterocycles. The highest BCUT2D eigenvalue weighted by atomic mass is 16.3. The molecule has 11 heavy (non-hydrogen) atoms. The first kappa shape index (κ1) is 8.68. The van der Waals surface area contributed by atoms with E-state index in [9.17, 15) is 4.79 Å². The molecular formula is C8H15NO2. The molecule has 0 aliphatic heterocycles. The second-order valence-corrected chi connectivity index (χ2v) is 3.07. The van der Waals surface area contributed by atoms with Crippen LogP contribution < -0.4 is 5.32 Å². The molecule has 0 aromatic heterocycles. The Morgan fingerprint density at radius 3 is 2.64 bits per heavy atom. The van der Waals surface area contributed by atoms with E-state index in [0.29, 0.717) is 6.04 Å². The number of hydrogen-bond acceptors (Lipinski definition) is 3. The Labute approximate surface area is 66.8 Å². The monoisotopic (exact) mass is 157 g/mol. The molecule has 0 radical (unpaired) electrons. The van der Waals surface area contributed by atoms with Crippen molar-refractivity contribution >= 4 is 6.29 Å². The van der Waals surface area contributed by atoms with E-state index in [1.807, 2.05) is 0 Å². The number of aldehydes is 1. The number of carbonyl (C=O) groups is 1. The van der Waals surface area contributed by atoms with Gasteiger partial charge < -0.3 is 15.2 Å². The SMILES string of the molecule is O=CC(CO)NC1CCCC1. The number of carbonyl (C=O) groups excluding carboxylic acids is 1. The standard InChI is InChI=1S/C8H15NO2/c10-5-8(6-11)9-7-3-1-2-4-7/h5,7-9,11H,1-4,6H2. The normalized spacial score (nSPS) is 21.9. The Bertz CT molecular complexity index is 121. The van der Waals surface area contributed by atoms with Crippen LogP contribution in [-0.2, 0) is 4.79 Å². The zero-order valence-electron chi connectivity index (χ0n) is 6.62. The van der Waals surface area contributed by atoms with Gasteiger partial charge in [-0.25, -0.2) is 0 Å². The Kier molecular flexibility index (Phi) is 3.52. The van der Waals surface area contributed by atoms with Crippen LogP contribution in [0.15, 0.2) is 0 Å². The van der Waals surface area contributed by atoms with E-state index in [-0.39, 0.29) is 12.6 Å². The third kappa shape index (κ3) is 2.60. The molecule has 1 fully saturated rings. The summed E-state index contributed by atoms with van der Waals surface area (Å²) in [6.07, 6.45) is 5.55. The first-order chi connectivity index (χ1) is 5.36. The topological polar surface area (TPSA) is 49.3 Å². The molecule has 1 rings (SSSR count). The Morgan fingerprint density at radius 1 is 1.55 bits per heavy atom. The maximum atomic E-state index is 10.3. The molecule has 64 valence electrons. The third-order valence-corrected chi connectivity index (χ3v) is 2.17. The second-order valence-electron chi connectivity index (χ2n) is 3.07. The molecule has 1 saturated carbocycles. The molecule has 0 spiro atoms. The smallest absolute Gasteiger partial charge is 0.139 e. The summed E-state index contributed by atoms with van der Waals surface area (Å²) in [5.41, 5.74) is 0. The van der Waals surface area contributed by atoms with Crippen molar-refractivity contribution in [3.8, 4) is 0 Å². The molecule has 3 nitrogen and oxygen atoms in total. The summed E-state index contributed by atoms with van der Waals surface area (Å²) in [5.74, 6) is 0. The van der Waals surface area contributed by atoms with Gasteiger partial charge in [0.15, 0.2) is 0 Å². The Morgan fingerprint density at radius 2 is 2.18 bits per heavy atom. The third-order valence-electron chi connectivity index (χ3n) is 2.17. The minimum atomic E-state index is -0.349. The van der Waals surface area contributed by atoms with Gasteiger partial charge in [0.2, 0.25) is 0 Å². The summed E-state index contributed by atoms with van der Waals surface area (Å²) in [6, 6.07) is 0.107. The van der Waals surface area contributed by atoms with Gasteiger partial charge in [-0.15, -0.1) is 0 Å². The van der Waals surface area contributed by atoms with Crippen molar-refractivity contribution in [2.75, 3.05) is 6.61 Å². The van der Waals surface area contributed by atoms with Crippen LogP contribution in [0.2, 0.25) is 0 Å². The molecule has 0 aromatic rings. The number of aliphatic hydroxyl groups excluding tert-OH is 1. The molecule has 0 amide bonds. The van der Waals surface area contributed by atoms with Crippen LogP contribution >= 0.6 is 0 Å². The molecule has 0 saturated heterocycles. The fraction of sp³-hybridized carbons (Fsp3) is 0.875. The van der Waals surface area contributed by atoms with Crippen LogP contribution in [-0.4, -0.2) is 30.1 Å². The lowest BCUT2D eigenvalue weighted by Crippen LogP contribution is -2.40. The first-order valence-electron chi connectivity index (χ1n) is 4.19. The van der Waals surface area contributed by atoms with Gasteiger partial charge in [-0.2, -0.15) is 0 Å². The van der Waals surface area contributed by atoms with Crippen LogP contribution in [0.5, 0.6) is 0 Å². The summed E-state index contributed by atoms with van der Waals surface area (Å²) in [4.78, 5) is 10.3. The molecule has 1 unspecified atom stereocenters.